The van der Waals surface area contributed by atoms with E-state index in [4.69, 9.17) is 15.2 Å². The van der Waals surface area contributed by atoms with Gasteiger partial charge in [0.2, 0.25) is 0 Å². The minimum Gasteiger partial charge on any atom is -0.389 e. The highest BCUT2D eigenvalue weighted by molar-refractivity contribution is 5.05. The van der Waals surface area contributed by atoms with Gasteiger partial charge in [-0.3, -0.25) is 0 Å². The molecule has 0 bridgehead atoms. The van der Waals surface area contributed by atoms with Gasteiger partial charge in [0.05, 0.1) is 18.8 Å². The van der Waals surface area contributed by atoms with Gasteiger partial charge in [-0.2, -0.15) is 0 Å². The maximum Gasteiger partial charge on any atom is 0.168 e. The van der Waals surface area contributed by atoms with E-state index in [0.29, 0.717) is 19.8 Å². The molecule has 3 rings (SSSR count). The molecule has 3 aliphatic rings. The van der Waals surface area contributed by atoms with Crippen molar-refractivity contribution in [1.29, 1.82) is 0 Å². The molecule has 2 aliphatic carbocycles. The average molecular weight is 283 g/mol. The van der Waals surface area contributed by atoms with Crippen LogP contribution in [0.5, 0.6) is 0 Å². The van der Waals surface area contributed by atoms with Gasteiger partial charge >= 0.3 is 0 Å². The van der Waals surface area contributed by atoms with Crippen LogP contribution >= 0.6 is 0 Å². The Morgan fingerprint density at radius 2 is 1.55 bits per heavy atom. The van der Waals surface area contributed by atoms with Crippen LogP contribution in [0, 0.1) is 11.3 Å². The smallest absolute Gasteiger partial charge is 0.168 e. The fraction of sp³-hybridized carbons (Fsp3) is 1.00. The van der Waals surface area contributed by atoms with E-state index < -0.39 is 11.4 Å². The molecule has 4 nitrogen and oxygen atoms in total. The Kier molecular flexibility index (Phi) is 3.87. The molecule has 0 atom stereocenters. The van der Waals surface area contributed by atoms with Gasteiger partial charge in [0.1, 0.15) is 0 Å². The summed E-state index contributed by atoms with van der Waals surface area (Å²) in [4.78, 5) is 0. The molecule has 0 unspecified atom stereocenters. The van der Waals surface area contributed by atoms with Gasteiger partial charge < -0.3 is 20.3 Å². The van der Waals surface area contributed by atoms with Crippen LogP contribution in [-0.4, -0.2) is 36.3 Å². The van der Waals surface area contributed by atoms with Crippen LogP contribution in [0.15, 0.2) is 0 Å². The van der Waals surface area contributed by atoms with Gasteiger partial charge in [-0.25, -0.2) is 0 Å². The van der Waals surface area contributed by atoms with E-state index in [-0.39, 0.29) is 5.41 Å². The Bertz CT molecular complexity index is 334. The lowest BCUT2D eigenvalue weighted by molar-refractivity contribution is -0.226. The van der Waals surface area contributed by atoms with Crippen LogP contribution in [0.2, 0.25) is 0 Å². The standard InChI is InChI=1S/C16H29NO3/c1-13-2-4-14(12-17,5-3-13)15(18)6-8-16(9-7-15)19-10-11-20-16/h13,18H,2-12,17H2,1H3. The van der Waals surface area contributed by atoms with Crippen LogP contribution in [-0.2, 0) is 9.47 Å². The predicted molar refractivity (Wildman–Crippen MR) is 77.2 cm³/mol. The van der Waals surface area contributed by atoms with Crippen molar-refractivity contribution in [2.45, 2.75) is 69.7 Å². The molecular formula is C16H29NO3. The second kappa shape index (κ2) is 5.24. The van der Waals surface area contributed by atoms with Gasteiger partial charge in [-0.1, -0.05) is 19.8 Å². The molecule has 0 aromatic heterocycles. The summed E-state index contributed by atoms with van der Waals surface area (Å²) in [5.74, 6) is 0.374. The largest absolute Gasteiger partial charge is 0.389 e. The second-order valence-electron chi connectivity index (χ2n) is 7.31. The molecule has 0 radical (unpaired) electrons. The van der Waals surface area contributed by atoms with Crippen LogP contribution in [0.1, 0.15) is 58.3 Å². The van der Waals surface area contributed by atoms with Crippen LogP contribution in [0.3, 0.4) is 0 Å². The first kappa shape index (κ1) is 14.8. The van der Waals surface area contributed by atoms with Crippen LogP contribution in [0.25, 0.3) is 0 Å². The first-order valence-corrected chi connectivity index (χ1v) is 8.24. The predicted octanol–water partition coefficient (Wildman–Crippen LogP) is 2.19. The third-order valence-corrected chi connectivity index (χ3v) is 6.26. The molecule has 0 aromatic carbocycles. The third kappa shape index (κ3) is 2.31. The third-order valence-electron chi connectivity index (χ3n) is 6.26. The molecule has 1 heterocycles. The summed E-state index contributed by atoms with van der Waals surface area (Å²) in [6, 6.07) is 0. The van der Waals surface area contributed by atoms with Gasteiger partial charge in [0.15, 0.2) is 5.79 Å². The number of ether oxygens (including phenoxy) is 2. The molecule has 1 spiro atoms. The van der Waals surface area contributed by atoms with E-state index in [0.717, 1.165) is 44.4 Å². The molecular weight excluding hydrogens is 254 g/mol. The zero-order chi connectivity index (χ0) is 14.3. The first-order valence-electron chi connectivity index (χ1n) is 8.24. The van der Waals surface area contributed by atoms with Gasteiger partial charge in [0, 0.05) is 24.8 Å². The Balaban J connectivity index is 1.72. The fourth-order valence-electron chi connectivity index (χ4n) is 4.53. The van der Waals surface area contributed by atoms with E-state index in [2.05, 4.69) is 6.92 Å². The van der Waals surface area contributed by atoms with Crippen LogP contribution < -0.4 is 5.73 Å². The molecule has 2 saturated carbocycles. The molecule has 0 amide bonds. The van der Waals surface area contributed by atoms with Crippen molar-refractivity contribution in [2.75, 3.05) is 19.8 Å². The molecule has 20 heavy (non-hydrogen) atoms. The zero-order valence-electron chi connectivity index (χ0n) is 12.7. The maximum atomic E-state index is 11.3. The molecule has 0 aromatic rings. The van der Waals surface area contributed by atoms with Crippen molar-refractivity contribution in [3.63, 3.8) is 0 Å². The van der Waals surface area contributed by atoms with Crippen molar-refractivity contribution >= 4 is 0 Å². The van der Waals surface area contributed by atoms with Crippen molar-refractivity contribution in [1.82, 2.24) is 0 Å². The van der Waals surface area contributed by atoms with Gasteiger partial charge in [-0.05, 0) is 31.6 Å². The normalized spacial score (nSPS) is 40.0. The summed E-state index contributed by atoms with van der Waals surface area (Å²) in [6.45, 7) is 4.29. The number of rotatable bonds is 2. The number of nitrogens with two attached hydrogens (primary N) is 1. The summed E-state index contributed by atoms with van der Waals surface area (Å²) in [6.07, 6.45) is 7.65. The molecule has 3 N–H and O–H groups in total. The highest BCUT2D eigenvalue weighted by Crippen LogP contribution is 2.53. The monoisotopic (exact) mass is 283 g/mol. The topological polar surface area (TPSA) is 64.7 Å². The van der Waals surface area contributed by atoms with Crippen molar-refractivity contribution < 1.29 is 14.6 Å². The molecule has 1 aliphatic heterocycles. The highest BCUT2D eigenvalue weighted by atomic mass is 16.7. The average Bonchev–Trinajstić information content (AvgIpc) is 2.92. The second-order valence-corrected chi connectivity index (χ2v) is 7.31. The summed E-state index contributed by atoms with van der Waals surface area (Å²) in [7, 11) is 0. The lowest BCUT2D eigenvalue weighted by Crippen LogP contribution is -2.58. The van der Waals surface area contributed by atoms with E-state index >= 15 is 0 Å². The Labute approximate surface area is 122 Å². The van der Waals surface area contributed by atoms with Crippen molar-refractivity contribution in [3.05, 3.63) is 0 Å². The summed E-state index contributed by atoms with van der Waals surface area (Å²) >= 11 is 0. The SMILES string of the molecule is CC1CCC(CN)(C2(O)CCC3(CC2)OCCO3)CC1. The zero-order valence-corrected chi connectivity index (χ0v) is 12.7. The molecule has 1 saturated heterocycles. The molecule has 4 heteroatoms. The summed E-state index contributed by atoms with van der Waals surface area (Å²) in [5.41, 5.74) is 5.42. The quantitative estimate of drug-likeness (QED) is 0.815. The number of hydrogen-bond donors (Lipinski definition) is 2. The molecule has 116 valence electrons. The number of hydrogen-bond acceptors (Lipinski definition) is 4. The minimum atomic E-state index is -0.623. The Hall–Kier alpha value is -0.160. The fourth-order valence-corrected chi connectivity index (χ4v) is 4.53. The van der Waals surface area contributed by atoms with Gasteiger partial charge in [0.25, 0.3) is 0 Å². The van der Waals surface area contributed by atoms with Crippen molar-refractivity contribution in [3.8, 4) is 0 Å². The Morgan fingerprint density at radius 1 is 1.00 bits per heavy atom. The maximum absolute atomic E-state index is 11.3. The number of aliphatic hydroxyl groups is 1. The Morgan fingerprint density at radius 3 is 2.05 bits per heavy atom. The highest BCUT2D eigenvalue weighted by Gasteiger charge is 2.55. The van der Waals surface area contributed by atoms with E-state index in [1.165, 1.54) is 12.8 Å². The lowest BCUT2D eigenvalue weighted by atomic mass is 9.57. The van der Waals surface area contributed by atoms with Crippen molar-refractivity contribution in [2.24, 2.45) is 17.1 Å². The van der Waals surface area contributed by atoms with E-state index in [9.17, 15) is 5.11 Å². The lowest BCUT2D eigenvalue weighted by Gasteiger charge is -2.54. The molecule has 3 fully saturated rings. The van der Waals surface area contributed by atoms with E-state index in [1.54, 1.807) is 0 Å². The first-order chi connectivity index (χ1) is 9.53. The minimum absolute atomic E-state index is 0.0836. The summed E-state index contributed by atoms with van der Waals surface area (Å²) < 4.78 is 11.6. The van der Waals surface area contributed by atoms with E-state index in [1.807, 2.05) is 0 Å². The van der Waals surface area contributed by atoms with Crippen LogP contribution in [0.4, 0.5) is 0 Å². The van der Waals surface area contributed by atoms with Gasteiger partial charge in [-0.15, -0.1) is 0 Å². The summed E-state index contributed by atoms with van der Waals surface area (Å²) in [5, 5.41) is 11.3.